The fourth-order valence-electron chi connectivity index (χ4n) is 2.09. The van der Waals surface area contributed by atoms with Gasteiger partial charge in [0.2, 0.25) is 0 Å². The van der Waals surface area contributed by atoms with Crippen LogP contribution in [0.15, 0.2) is 60.8 Å². The molecule has 4 heteroatoms. The van der Waals surface area contributed by atoms with Gasteiger partial charge in [-0.25, -0.2) is 0 Å². The van der Waals surface area contributed by atoms with Crippen LogP contribution < -0.4 is 4.74 Å². The molecular formula is C17H14ClNO2. The lowest BCUT2D eigenvalue weighted by atomic mass is 10.1. The highest BCUT2D eigenvalue weighted by molar-refractivity contribution is 6.30. The Morgan fingerprint density at radius 1 is 1.10 bits per heavy atom. The average molecular weight is 300 g/mol. The maximum absolute atomic E-state index is 10.2. The molecule has 3 aromatic rings. The lowest BCUT2D eigenvalue weighted by molar-refractivity contribution is 0.108. The van der Waals surface area contributed by atoms with E-state index in [4.69, 9.17) is 16.3 Å². The van der Waals surface area contributed by atoms with Crippen LogP contribution in [0.2, 0.25) is 5.02 Å². The Labute approximate surface area is 127 Å². The molecule has 3 rings (SSSR count). The predicted molar refractivity (Wildman–Crippen MR) is 83.6 cm³/mol. The maximum Gasteiger partial charge on any atom is 0.119 e. The van der Waals surface area contributed by atoms with Gasteiger partial charge in [0.1, 0.15) is 18.5 Å². The van der Waals surface area contributed by atoms with Crippen LogP contribution in [-0.4, -0.2) is 16.7 Å². The molecule has 1 unspecified atom stereocenters. The predicted octanol–water partition coefficient (Wildman–Crippen LogP) is 4.00. The second-order valence-corrected chi connectivity index (χ2v) is 5.17. The molecule has 1 N–H and O–H groups in total. The lowest BCUT2D eigenvalue weighted by Crippen LogP contribution is -2.09. The first-order chi connectivity index (χ1) is 10.2. The summed E-state index contributed by atoms with van der Waals surface area (Å²) in [6, 6.07) is 16.7. The van der Waals surface area contributed by atoms with Gasteiger partial charge in [-0.05, 0) is 42.0 Å². The molecule has 21 heavy (non-hydrogen) atoms. The summed E-state index contributed by atoms with van der Waals surface area (Å²) in [5.41, 5.74) is 1.65. The van der Waals surface area contributed by atoms with Crippen LogP contribution in [0.5, 0.6) is 5.75 Å². The molecule has 0 aliphatic carbocycles. The molecule has 0 spiro atoms. The van der Waals surface area contributed by atoms with E-state index in [0.29, 0.717) is 10.8 Å². The number of halogens is 1. The molecule has 0 amide bonds. The third-order valence-corrected chi connectivity index (χ3v) is 3.49. The Morgan fingerprint density at radius 2 is 1.90 bits per heavy atom. The number of pyridine rings is 1. The highest BCUT2D eigenvalue weighted by Crippen LogP contribution is 2.21. The fourth-order valence-corrected chi connectivity index (χ4v) is 2.22. The van der Waals surface area contributed by atoms with E-state index in [1.807, 2.05) is 30.3 Å². The van der Waals surface area contributed by atoms with Gasteiger partial charge >= 0.3 is 0 Å². The second kappa shape index (κ2) is 6.12. The number of rotatable bonds is 4. The van der Waals surface area contributed by atoms with Gasteiger partial charge in [0, 0.05) is 16.6 Å². The summed E-state index contributed by atoms with van der Waals surface area (Å²) < 4.78 is 5.56. The standard InChI is InChI=1S/C17H14ClNO2/c18-14-5-7-15(8-6-14)21-11-17(20)13-4-3-12-2-1-9-19-16(12)10-13/h1-10,17,20H,11H2. The molecule has 3 nitrogen and oxygen atoms in total. The average Bonchev–Trinajstić information content (AvgIpc) is 2.53. The Hall–Kier alpha value is -2.10. The molecule has 1 aromatic heterocycles. The molecule has 0 bridgehead atoms. The van der Waals surface area contributed by atoms with Crippen molar-refractivity contribution in [2.24, 2.45) is 0 Å². The Morgan fingerprint density at radius 3 is 2.71 bits per heavy atom. The summed E-state index contributed by atoms with van der Waals surface area (Å²) in [5, 5.41) is 11.9. The third-order valence-electron chi connectivity index (χ3n) is 3.24. The maximum atomic E-state index is 10.2. The van der Waals surface area contributed by atoms with Crippen molar-refractivity contribution < 1.29 is 9.84 Å². The van der Waals surface area contributed by atoms with Crippen molar-refractivity contribution in [2.75, 3.05) is 6.61 Å². The lowest BCUT2D eigenvalue weighted by Gasteiger charge is -2.13. The van der Waals surface area contributed by atoms with E-state index in [-0.39, 0.29) is 6.61 Å². The van der Waals surface area contributed by atoms with Crippen molar-refractivity contribution in [1.29, 1.82) is 0 Å². The zero-order valence-corrected chi connectivity index (χ0v) is 12.0. The monoisotopic (exact) mass is 299 g/mol. The molecule has 0 fully saturated rings. The van der Waals surface area contributed by atoms with Gasteiger partial charge in [0.05, 0.1) is 5.52 Å². The highest BCUT2D eigenvalue weighted by atomic mass is 35.5. The molecule has 0 radical (unpaired) electrons. The van der Waals surface area contributed by atoms with E-state index in [1.54, 1.807) is 30.5 Å². The number of aliphatic hydroxyl groups excluding tert-OH is 1. The number of benzene rings is 2. The van der Waals surface area contributed by atoms with Gasteiger partial charge in [0.15, 0.2) is 0 Å². The summed E-state index contributed by atoms with van der Waals surface area (Å²) in [5.74, 6) is 0.678. The van der Waals surface area contributed by atoms with E-state index in [0.717, 1.165) is 16.5 Å². The highest BCUT2D eigenvalue weighted by Gasteiger charge is 2.09. The van der Waals surface area contributed by atoms with Gasteiger partial charge in [-0.3, -0.25) is 4.98 Å². The third kappa shape index (κ3) is 3.32. The van der Waals surface area contributed by atoms with Crippen molar-refractivity contribution in [2.45, 2.75) is 6.10 Å². The zero-order valence-electron chi connectivity index (χ0n) is 11.2. The van der Waals surface area contributed by atoms with Gasteiger partial charge in [-0.2, -0.15) is 0 Å². The first kappa shape index (κ1) is 13.9. The molecule has 1 atom stereocenters. The van der Waals surface area contributed by atoms with Crippen LogP contribution in [-0.2, 0) is 0 Å². The number of ether oxygens (including phenoxy) is 1. The number of aliphatic hydroxyl groups is 1. The largest absolute Gasteiger partial charge is 0.491 e. The summed E-state index contributed by atoms with van der Waals surface area (Å²) in [4.78, 5) is 4.29. The van der Waals surface area contributed by atoms with Crippen LogP contribution in [0.3, 0.4) is 0 Å². The van der Waals surface area contributed by atoms with Gasteiger partial charge in [-0.1, -0.05) is 29.8 Å². The van der Waals surface area contributed by atoms with Gasteiger partial charge in [0.25, 0.3) is 0 Å². The van der Waals surface area contributed by atoms with Crippen LogP contribution in [0.1, 0.15) is 11.7 Å². The van der Waals surface area contributed by atoms with Crippen molar-refractivity contribution >= 4 is 22.5 Å². The number of hydrogen-bond donors (Lipinski definition) is 1. The topological polar surface area (TPSA) is 42.4 Å². The van der Waals surface area contributed by atoms with Crippen LogP contribution in [0, 0.1) is 0 Å². The Balaban J connectivity index is 1.71. The van der Waals surface area contributed by atoms with Gasteiger partial charge in [-0.15, -0.1) is 0 Å². The van der Waals surface area contributed by atoms with E-state index in [1.165, 1.54) is 0 Å². The second-order valence-electron chi connectivity index (χ2n) is 4.74. The fraction of sp³-hybridized carbons (Fsp3) is 0.118. The van der Waals surface area contributed by atoms with Crippen molar-refractivity contribution in [3.05, 3.63) is 71.4 Å². The van der Waals surface area contributed by atoms with Crippen LogP contribution >= 0.6 is 11.6 Å². The Kier molecular flexibility index (Phi) is 4.04. The number of aromatic nitrogens is 1. The molecule has 0 aliphatic rings. The number of nitrogens with zero attached hydrogens (tertiary/aromatic N) is 1. The SMILES string of the molecule is OC(COc1ccc(Cl)cc1)c1ccc2cccnc2c1. The summed E-state index contributed by atoms with van der Waals surface area (Å²) >= 11 is 5.81. The minimum absolute atomic E-state index is 0.181. The molecule has 0 saturated carbocycles. The summed E-state index contributed by atoms with van der Waals surface area (Å²) in [7, 11) is 0. The van der Waals surface area contributed by atoms with Crippen LogP contribution in [0.25, 0.3) is 10.9 Å². The molecular weight excluding hydrogens is 286 g/mol. The van der Waals surface area contributed by atoms with Crippen molar-refractivity contribution in [3.8, 4) is 5.75 Å². The summed E-state index contributed by atoms with van der Waals surface area (Å²) in [6.07, 6.45) is 1.04. The van der Waals surface area contributed by atoms with Crippen LogP contribution in [0.4, 0.5) is 0 Å². The molecule has 1 heterocycles. The minimum Gasteiger partial charge on any atom is -0.491 e. The smallest absolute Gasteiger partial charge is 0.119 e. The normalized spacial score (nSPS) is 12.3. The number of fused-ring (bicyclic) bond motifs is 1. The Bertz CT molecular complexity index is 743. The van der Waals surface area contributed by atoms with E-state index in [2.05, 4.69) is 4.98 Å². The number of hydrogen-bond acceptors (Lipinski definition) is 3. The first-order valence-corrected chi connectivity index (χ1v) is 7.01. The van der Waals surface area contributed by atoms with Crippen molar-refractivity contribution in [3.63, 3.8) is 0 Å². The van der Waals surface area contributed by atoms with E-state index >= 15 is 0 Å². The molecule has 2 aromatic carbocycles. The minimum atomic E-state index is -0.702. The summed E-state index contributed by atoms with van der Waals surface area (Å²) in [6.45, 7) is 0.181. The van der Waals surface area contributed by atoms with Crippen molar-refractivity contribution in [1.82, 2.24) is 4.98 Å². The quantitative estimate of drug-likeness (QED) is 0.792. The van der Waals surface area contributed by atoms with Gasteiger partial charge < -0.3 is 9.84 Å². The molecule has 0 saturated heterocycles. The van der Waals surface area contributed by atoms with E-state index in [9.17, 15) is 5.11 Å². The first-order valence-electron chi connectivity index (χ1n) is 6.63. The zero-order chi connectivity index (χ0) is 14.7. The molecule has 0 aliphatic heterocycles. The molecule has 106 valence electrons. The van der Waals surface area contributed by atoms with E-state index < -0.39 is 6.10 Å².